The molecule has 0 aromatic carbocycles. The van der Waals surface area contributed by atoms with Crippen molar-refractivity contribution in [3.8, 4) is 0 Å². The summed E-state index contributed by atoms with van der Waals surface area (Å²) in [6, 6.07) is 0. The molecule has 15 heavy (non-hydrogen) atoms. The van der Waals surface area contributed by atoms with Gasteiger partial charge in [0.15, 0.2) is 0 Å². The van der Waals surface area contributed by atoms with Crippen LogP contribution in [0.4, 0.5) is 0 Å². The van der Waals surface area contributed by atoms with Crippen LogP contribution < -0.4 is 0 Å². The van der Waals surface area contributed by atoms with E-state index in [4.69, 9.17) is 9.47 Å². The van der Waals surface area contributed by atoms with Crippen LogP contribution in [0.15, 0.2) is 12.2 Å². The zero-order valence-electron chi connectivity index (χ0n) is 9.53. The molecule has 0 N–H and O–H groups in total. The first-order chi connectivity index (χ1) is 6.87. The monoisotopic (exact) mass is 272 g/mol. The van der Waals surface area contributed by atoms with Crippen molar-refractivity contribution in [2.24, 2.45) is 0 Å². The molecule has 0 aromatic heterocycles. The third-order valence-electron chi connectivity index (χ3n) is 4.69. The molecule has 2 nitrogen and oxygen atoms in total. The molecule has 4 aliphatic heterocycles. The van der Waals surface area contributed by atoms with Crippen molar-refractivity contribution in [3.05, 3.63) is 12.2 Å². The molecule has 2 bridgehead atoms. The quantitative estimate of drug-likeness (QED) is 0.495. The molecule has 0 saturated carbocycles. The summed E-state index contributed by atoms with van der Waals surface area (Å²) in [5.74, 6) is 0. The first-order valence-corrected chi connectivity index (χ1v) is 7.33. The maximum absolute atomic E-state index is 6.32. The zero-order chi connectivity index (χ0) is 10.7. The third kappa shape index (κ3) is 0.621. The van der Waals surface area contributed by atoms with Crippen molar-refractivity contribution < 1.29 is 9.47 Å². The molecule has 3 saturated heterocycles. The van der Waals surface area contributed by atoms with Crippen LogP contribution in [0.5, 0.6) is 0 Å². The molecule has 4 atom stereocenters. The van der Waals surface area contributed by atoms with Gasteiger partial charge in [0.05, 0.1) is 0 Å². The van der Waals surface area contributed by atoms with Crippen LogP contribution in [0.1, 0.15) is 27.7 Å². The van der Waals surface area contributed by atoms with Crippen LogP contribution in [-0.2, 0) is 9.47 Å². The van der Waals surface area contributed by atoms with Crippen LogP contribution in [0.2, 0.25) is 8.63 Å². The van der Waals surface area contributed by atoms with Crippen molar-refractivity contribution in [1.29, 1.82) is 0 Å². The first kappa shape index (κ1) is 9.23. The number of ether oxygens (including phenoxy) is 2. The Labute approximate surface area is 96.5 Å². The number of rotatable bonds is 0. The normalized spacial score (nSPS) is 60.5. The summed E-state index contributed by atoms with van der Waals surface area (Å²) in [4.78, 5) is 0. The summed E-state index contributed by atoms with van der Waals surface area (Å²) < 4.78 is 13.1. The van der Waals surface area contributed by atoms with Gasteiger partial charge in [-0.3, -0.25) is 0 Å². The molecule has 0 spiro atoms. The van der Waals surface area contributed by atoms with E-state index in [0.29, 0.717) is 35.8 Å². The van der Waals surface area contributed by atoms with Crippen molar-refractivity contribution in [2.75, 3.05) is 0 Å². The molecule has 4 unspecified atom stereocenters. The molecular weight excluding hydrogens is 255 g/mol. The SMILES string of the molecule is CC1(C)OC(C)(C)C23[Se]C12C1C=CC3O1. The summed E-state index contributed by atoms with van der Waals surface area (Å²) >= 11 is 0.669. The number of hydrogen-bond donors (Lipinski definition) is 0. The standard InChI is InChI=1S/C12H16O2Se/c1-9(2)11-7-5-6-8(13-7)12(11,15-11)10(3,4)14-9/h5-8H,1-4H3. The Morgan fingerprint density at radius 3 is 1.87 bits per heavy atom. The Morgan fingerprint density at radius 1 is 0.933 bits per heavy atom. The number of hydrogen-bond acceptors (Lipinski definition) is 2. The Hall–Kier alpha value is 0.179. The van der Waals surface area contributed by atoms with Gasteiger partial charge in [-0.1, -0.05) is 0 Å². The molecule has 0 amide bonds. The van der Waals surface area contributed by atoms with Gasteiger partial charge in [-0.2, -0.15) is 0 Å². The molecule has 3 heteroatoms. The van der Waals surface area contributed by atoms with Crippen molar-refractivity contribution in [3.63, 3.8) is 0 Å². The fourth-order valence-electron chi connectivity index (χ4n) is 4.30. The topological polar surface area (TPSA) is 18.5 Å². The second-order valence-corrected chi connectivity index (χ2v) is 9.19. The molecule has 82 valence electrons. The Morgan fingerprint density at radius 2 is 1.40 bits per heavy atom. The fraction of sp³-hybridized carbons (Fsp3) is 0.833. The van der Waals surface area contributed by atoms with E-state index in [1.807, 2.05) is 0 Å². The first-order valence-electron chi connectivity index (χ1n) is 5.62. The van der Waals surface area contributed by atoms with Crippen molar-refractivity contribution in [1.82, 2.24) is 0 Å². The number of fused-ring (bicyclic) bond motifs is 2. The molecule has 0 aromatic rings. The molecule has 0 aliphatic carbocycles. The van der Waals surface area contributed by atoms with Crippen LogP contribution in [0, 0.1) is 0 Å². The van der Waals surface area contributed by atoms with Gasteiger partial charge in [0.25, 0.3) is 0 Å². The van der Waals surface area contributed by atoms with Gasteiger partial charge < -0.3 is 0 Å². The van der Waals surface area contributed by atoms with Gasteiger partial charge in [-0.15, -0.1) is 0 Å². The fourth-order valence-corrected chi connectivity index (χ4v) is 9.03. The predicted octanol–water partition coefficient (Wildman–Crippen LogP) is 1.95. The minimum atomic E-state index is -0.0132. The summed E-state index contributed by atoms with van der Waals surface area (Å²) in [7, 11) is 0. The molecule has 4 aliphatic rings. The van der Waals surface area contributed by atoms with E-state index in [0.717, 1.165) is 0 Å². The van der Waals surface area contributed by atoms with Crippen LogP contribution in [0.25, 0.3) is 0 Å². The molecule has 4 rings (SSSR count). The average molecular weight is 271 g/mol. The minimum absolute atomic E-state index is 0.0132. The Balaban J connectivity index is 1.98. The van der Waals surface area contributed by atoms with Crippen LogP contribution in [0.3, 0.4) is 0 Å². The van der Waals surface area contributed by atoms with Crippen molar-refractivity contribution in [2.45, 2.75) is 59.7 Å². The van der Waals surface area contributed by atoms with Gasteiger partial charge in [0.1, 0.15) is 0 Å². The molecule has 3 fully saturated rings. The predicted molar refractivity (Wildman–Crippen MR) is 58.2 cm³/mol. The van der Waals surface area contributed by atoms with Gasteiger partial charge in [-0.05, 0) is 0 Å². The summed E-state index contributed by atoms with van der Waals surface area (Å²) in [6.07, 6.45) is 5.20. The van der Waals surface area contributed by atoms with E-state index in [9.17, 15) is 0 Å². The van der Waals surface area contributed by atoms with E-state index in [1.54, 1.807) is 0 Å². The Bertz CT molecular complexity index is 366. The van der Waals surface area contributed by atoms with E-state index < -0.39 is 0 Å². The molecule has 0 radical (unpaired) electrons. The van der Waals surface area contributed by atoms with E-state index in [2.05, 4.69) is 39.8 Å². The van der Waals surface area contributed by atoms with Crippen LogP contribution in [-0.4, -0.2) is 38.4 Å². The summed E-state index contributed by atoms with van der Waals surface area (Å²) in [6.45, 7) is 9.01. The third-order valence-corrected chi connectivity index (χ3v) is 10.00. The second kappa shape index (κ2) is 1.99. The maximum atomic E-state index is 6.32. The van der Waals surface area contributed by atoms with E-state index in [1.165, 1.54) is 0 Å². The van der Waals surface area contributed by atoms with Gasteiger partial charge in [0, 0.05) is 0 Å². The zero-order valence-corrected chi connectivity index (χ0v) is 11.2. The Kier molecular flexibility index (Phi) is 1.23. The van der Waals surface area contributed by atoms with Crippen LogP contribution >= 0.6 is 0 Å². The second-order valence-electron chi connectivity index (χ2n) is 6.06. The molecule has 4 heterocycles. The summed E-state index contributed by atoms with van der Waals surface area (Å²) in [5, 5.41) is 0. The average Bonchev–Trinajstić information content (AvgIpc) is 2.50. The van der Waals surface area contributed by atoms with E-state index >= 15 is 0 Å². The van der Waals surface area contributed by atoms with Gasteiger partial charge in [0.2, 0.25) is 0 Å². The van der Waals surface area contributed by atoms with E-state index in [-0.39, 0.29) is 11.2 Å². The van der Waals surface area contributed by atoms with Gasteiger partial charge >= 0.3 is 96.3 Å². The van der Waals surface area contributed by atoms with Gasteiger partial charge in [-0.25, -0.2) is 0 Å². The van der Waals surface area contributed by atoms with Crippen molar-refractivity contribution >= 4 is 15.0 Å². The summed E-state index contributed by atoms with van der Waals surface area (Å²) in [5.41, 5.74) is -0.0264. The molecular formula is C12H16O2Se.